The average molecular weight is 231 g/mol. The van der Waals surface area contributed by atoms with E-state index < -0.39 is 0 Å². The van der Waals surface area contributed by atoms with Gasteiger partial charge in [-0.1, -0.05) is 12.1 Å². The Kier molecular flexibility index (Phi) is 2.71. The van der Waals surface area contributed by atoms with Gasteiger partial charge in [-0.2, -0.15) is 0 Å². The van der Waals surface area contributed by atoms with Crippen molar-refractivity contribution in [1.29, 1.82) is 0 Å². The lowest BCUT2D eigenvalue weighted by Crippen LogP contribution is -2.48. The van der Waals surface area contributed by atoms with Crippen LogP contribution in [0.25, 0.3) is 0 Å². The summed E-state index contributed by atoms with van der Waals surface area (Å²) >= 11 is 0. The van der Waals surface area contributed by atoms with Crippen molar-refractivity contribution in [2.45, 2.75) is 31.8 Å². The van der Waals surface area contributed by atoms with Gasteiger partial charge in [0.2, 0.25) is 0 Å². The van der Waals surface area contributed by atoms with Crippen LogP contribution in [0.5, 0.6) is 0 Å². The molecule has 2 aliphatic rings. The number of benzene rings is 1. The van der Waals surface area contributed by atoms with Gasteiger partial charge in [0.15, 0.2) is 0 Å². The summed E-state index contributed by atoms with van der Waals surface area (Å²) in [6.07, 6.45) is 2.72. The van der Waals surface area contributed by atoms with E-state index in [2.05, 4.69) is 41.0 Å². The molecule has 1 fully saturated rings. The minimum Gasteiger partial charge on any atom is -0.365 e. The molecule has 1 aromatic rings. The van der Waals surface area contributed by atoms with Crippen molar-refractivity contribution in [3.63, 3.8) is 0 Å². The van der Waals surface area contributed by atoms with Crippen LogP contribution in [0, 0.1) is 0 Å². The highest BCUT2D eigenvalue weighted by atomic mass is 15.3. The van der Waals surface area contributed by atoms with Crippen LogP contribution >= 0.6 is 0 Å². The number of anilines is 2. The van der Waals surface area contributed by atoms with Crippen molar-refractivity contribution < 1.29 is 0 Å². The van der Waals surface area contributed by atoms with E-state index in [-0.39, 0.29) is 0 Å². The zero-order valence-corrected chi connectivity index (χ0v) is 10.5. The molecule has 0 aromatic heterocycles. The fourth-order valence-corrected chi connectivity index (χ4v) is 2.76. The van der Waals surface area contributed by atoms with Crippen LogP contribution in [0.1, 0.15) is 19.8 Å². The summed E-state index contributed by atoms with van der Waals surface area (Å²) < 4.78 is 0. The normalized spacial score (nSPS) is 21.3. The Bertz CT molecular complexity index is 400. The molecular formula is C14H21N3. The van der Waals surface area contributed by atoms with Crippen LogP contribution in [0.2, 0.25) is 0 Å². The summed E-state index contributed by atoms with van der Waals surface area (Å²) in [5.41, 5.74) is 8.58. The first-order valence-electron chi connectivity index (χ1n) is 6.63. The van der Waals surface area contributed by atoms with E-state index in [1.54, 1.807) is 0 Å². The first kappa shape index (κ1) is 10.9. The van der Waals surface area contributed by atoms with E-state index >= 15 is 0 Å². The lowest BCUT2D eigenvalue weighted by Gasteiger charge is -2.41. The van der Waals surface area contributed by atoms with E-state index in [1.807, 2.05) is 0 Å². The molecule has 92 valence electrons. The molecule has 3 rings (SSSR count). The van der Waals surface area contributed by atoms with Crippen molar-refractivity contribution in [3.05, 3.63) is 24.3 Å². The molecule has 1 aliphatic carbocycles. The van der Waals surface area contributed by atoms with Crippen molar-refractivity contribution in [2.75, 3.05) is 29.4 Å². The Balaban J connectivity index is 1.94. The highest BCUT2D eigenvalue weighted by molar-refractivity contribution is 5.74. The Labute approximate surface area is 103 Å². The first-order valence-corrected chi connectivity index (χ1v) is 6.63. The Morgan fingerprint density at radius 1 is 1.24 bits per heavy atom. The number of rotatable bonds is 3. The third-order valence-electron chi connectivity index (χ3n) is 3.94. The number of fused-ring (bicyclic) bond motifs is 1. The number of para-hydroxylation sites is 2. The molecule has 17 heavy (non-hydrogen) atoms. The van der Waals surface area contributed by atoms with Gasteiger partial charge < -0.3 is 15.5 Å². The van der Waals surface area contributed by atoms with Gasteiger partial charge in [-0.15, -0.1) is 0 Å². The smallest absolute Gasteiger partial charge is 0.0607 e. The van der Waals surface area contributed by atoms with Crippen molar-refractivity contribution in [1.82, 2.24) is 0 Å². The van der Waals surface area contributed by atoms with Crippen LogP contribution in [-0.2, 0) is 0 Å². The molecule has 1 aromatic carbocycles. The predicted octanol–water partition coefficient (Wildman–Crippen LogP) is 1.82. The topological polar surface area (TPSA) is 32.5 Å². The lowest BCUT2D eigenvalue weighted by molar-refractivity contribution is 0.608. The molecule has 1 heterocycles. The second-order valence-electron chi connectivity index (χ2n) is 5.19. The van der Waals surface area contributed by atoms with Gasteiger partial charge in [-0.3, -0.25) is 0 Å². The predicted molar refractivity (Wildman–Crippen MR) is 72.7 cm³/mol. The van der Waals surface area contributed by atoms with Gasteiger partial charge in [0.1, 0.15) is 0 Å². The molecule has 3 nitrogen and oxygen atoms in total. The van der Waals surface area contributed by atoms with Crippen LogP contribution in [-0.4, -0.2) is 31.7 Å². The van der Waals surface area contributed by atoms with E-state index in [0.717, 1.165) is 25.7 Å². The van der Waals surface area contributed by atoms with Gasteiger partial charge in [0, 0.05) is 31.7 Å². The molecule has 1 saturated carbocycles. The Morgan fingerprint density at radius 3 is 2.59 bits per heavy atom. The molecule has 1 atom stereocenters. The lowest BCUT2D eigenvalue weighted by atomic mass is 10.1. The third-order valence-corrected chi connectivity index (χ3v) is 3.94. The summed E-state index contributed by atoms with van der Waals surface area (Å²) in [7, 11) is 0. The molecule has 0 saturated heterocycles. The molecule has 0 spiro atoms. The quantitative estimate of drug-likeness (QED) is 0.861. The van der Waals surface area contributed by atoms with Gasteiger partial charge in [-0.25, -0.2) is 0 Å². The highest BCUT2D eigenvalue weighted by Gasteiger charge is 2.34. The zero-order chi connectivity index (χ0) is 11.8. The second-order valence-corrected chi connectivity index (χ2v) is 5.19. The maximum atomic E-state index is 5.81. The summed E-state index contributed by atoms with van der Waals surface area (Å²) in [5, 5.41) is 0. The Hall–Kier alpha value is -1.22. The van der Waals surface area contributed by atoms with Crippen molar-refractivity contribution in [2.24, 2.45) is 5.73 Å². The standard InChI is InChI=1S/C14H21N3/c1-11(10-15)16-8-9-17(12-6-7-12)14-5-3-2-4-13(14)16/h2-5,11-12H,6-10,15H2,1H3/t11-/m1/s1. The summed E-state index contributed by atoms with van der Waals surface area (Å²) in [5.74, 6) is 0. The second kappa shape index (κ2) is 4.22. The maximum Gasteiger partial charge on any atom is 0.0607 e. The van der Waals surface area contributed by atoms with Crippen molar-refractivity contribution in [3.8, 4) is 0 Å². The van der Waals surface area contributed by atoms with Crippen molar-refractivity contribution >= 4 is 11.4 Å². The Morgan fingerprint density at radius 2 is 1.94 bits per heavy atom. The first-order chi connectivity index (χ1) is 8.31. The van der Waals surface area contributed by atoms with Crippen LogP contribution in [0.15, 0.2) is 24.3 Å². The van der Waals surface area contributed by atoms with Gasteiger partial charge >= 0.3 is 0 Å². The van der Waals surface area contributed by atoms with E-state index in [4.69, 9.17) is 5.73 Å². The summed E-state index contributed by atoms with van der Waals surface area (Å²) in [6.45, 7) is 5.18. The van der Waals surface area contributed by atoms with E-state index in [0.29, 0.717) is 6.04 Å². The minimum absolute atomic E-state index is 0.428. The van der Waals surface area contributed by atoms with Crippen LogP contribution in [0.3, 0.4) is 0 Å². The van der Waals surface area contributed by atoms with Crippen LogP contribution in [0.4, 0.5) is 11.4 Å². The molecular weight excluding hydrogens is 210 g/mol. The van der Waals surface area contributed by atoms with Crippen LogP contribution < -0.4 is 15.5 Å². The number of nitrogens with zero attached hydrogens (tertiary/aromatic N) is 2. The number of hydrogen-bond donors (Lipinski definition) is 1. The fraction of sp³-hybridized carbons (Fsp3) is 0.571. The maximum absolute atomic E-state index is 5.81. The van der Waals surface area contributed by atoms with E-state index in [1.165, 1.54) is 24.2 Å². The summed E-state index contributed by atoms with van der Waals surface area (Å²) in [6, 6.07) is 9.99. The van der Waals surface area contributed by atoms with Gasteiger partial charge in [0.05, 0.1) is 11.4 Å². The molecule has 0 bridgehead atoms. The summed E-state index contributed by atoms with van der Waals surface area (Å²) in [4.78, 5) is 5.03. The highest BCUT2D eigenvalue weighted by Crippen LogP contribution is 2.40. The zero-order valence-electron chi connectivity index (χ0n) is 10.5. The van der Waals surface area contributed by atoms with E-state index in [9.17, 15) is 0 Å². The molecule has 1 aliphatic heterocycles. The monoisotopic (exact) mass is 231 g/mol. The van der Waals surface area contributed by atoms with Gasteiger partial charge in [0.25, 0.3) is 0 Å². The average Bonchev–Trinajstić information content (AvgIpc) is 3.21. The molecule has 0 unspecified atom stereocenters. The fourth-order valence-electron chi connectivity index (χ4n) is 2.76. The minimum atomic E-state index is 0.428. The number of hydrogen-bond acceptors (Lipinski definition) is 3. The van der Waals surface area contributed by atoms with Gasteiger partial charge in [-0.05, 0) is 31.9 Å². The third kappa shape index (κ3) is 1.89. The molecule has 2 N–H and O–H groups in total. The molecule has 0 amide bonds. The molecule has 3 heteroatoms. The molecule has 0 radical (unpaired) electrons. The largest absolute Gasteiger partial charge is 0.365 e. The number of nitrogens with two attached hydrogens (primary N) is 1. The SMILES string of the molecule is C[C@H](CN)N1CCN(C2CC2)c2ccccc21.